The van der Waals surface area contributed by atoms with Crippen molar-refractivity contribution in [2.75, 3.05) is 23.7 Å². The number of aromatic nitrogens is 1. The number of nitrogens with one attached hydrogen (secondary N) is 3. The Bertz CT molecular complexity index is 1010. The number of piperidine rings is 1. The third-order valence-corrected chi connectivity index (χ3v) is 5.33. The van der Waals surface area contributed by atoms with Crippen molar-refractivity contribution in [1.29, 1.82) is 0 Å². The molecule has 1 fully saturated rings. The number of halogens is 3. The number of fused-ring (bicyclic) bond motifs is 1. The highest BCUT2D eigenvalue weighted by Crippen LogP contribution is 2.29. The van der Waals surface area contributed by atoms with Crippen molar-refractivity contribution in [3.05, 3.63) is 59.2 Å². The molecule has 29 heavy (non-hydrogen) atoms. The summed E-state index contributed by atoms with van der Waals surface area (Å²) in [5, 5.41) is 7.02. The van der Waals surface area contributed by atoms with Crippen molar-refractivity contribution < 1.29 is 13.6 Å². The fraction of sp³-hybridized carbons (Fsp3) is 0.286. The summed E-state index contributed by atoms with van der Waals surface area (Å²) >= 11 is 6.03. The molecular formula is C21H21ClF2N4O. The van der Waals surface area contributed by atoms with E-state index >= 15 is 0 Å². The molecule has 3 N–H and O–H groups in total. The molecule has 0 spiro atoms. The van der Waals surface area contributed by atoms with Crippen LogP contribution >= 0.6 is 11.6 Å². The Kier molecular flexibility index (Phi) is 5.43. The second kappa shape index (κ2) is 8.00. The molecule has 0 bridgehead atoms. The molecular weight excluding hydrogens is 398 g/mol. The Morgan fingerprint density at radius 3 is 2.55 bits per heavy atom. The number of hydrogen-bond acceptors (Lipinski definition) is 2. The Morgan fingerprint density at radius 1 is 1.10 bits per heavy atom. The zero-order valence-electron chi connectivity index (χ0n) is 15.6. The van der Waals surface area contributed by atoms with Crippen molar-refractivity contribution in [2.45, 2.75) is 25.3 Å². The number of rotatable bonds is 4. The summed E-state index contributed by atoms with van der Waals surface area (Å²) in [5.41, 5.74) is 3.18. The largest absolute Gasteiger partial charge is 0.359 e. The molecule has 1 aliphatic heterocycles. The van der Waals surface area contributed by atoms with Crippen molar-refractivity contribution in [2.24, 2.45) is 0 Å². The van der Waals surface area contributed by atoms with E-state index in [9.17, 15) is 13.6 Å². The van der Waals surface area contributed by atoms with E-state index in [0.717, 1.165) is 16.5 Å². The van der Waals surface area contributed by atoms with Gasteiger partial charge in [0, 0.05) is 60.3 Å². The first-order valence-electron chi connectivity index (χ1n) is 9.42. The van der Waals surface area contributed by atoms with Gasteiger partial charge in [0.15, 0.2) is 0 Å². The number of nitrogens with zero attached hydrogens (tertiary/aromatic N) is 1. The van der Waals surface area contributed by atoms with Gasteiger partial charge in [-0.2, -0.15) is 0 Å². The van der Waals surface area contributed by atoms with Crippen LogP contribution in [0.2, 0.25) is 5.02 Å². The average molecular weight is 419 g/mol. The number of amides is 2. The SMILES string of the molecule is O=C(Nc1ccc(CN2CCC(F)(F)CC2)cc1)Nc1c[nH]c2ccc(Cl)cc12. The standard InChI is InChI=1S/C21H21ClF2N4O/c22-15-3-6-18-17(11-15)19(12-25-18)27-20(29)26-16-4-1-14(2-5-16)13-28-9-7-21(23,24)8-10-28/h1-6,11-12,25H,7-10,13H2,(H2,26,27,29). The van der Waals surface area contributed by atoms with Crippen LogP contribution < -0.4 is 10.6 Å². The zero-order chi connectivity index (χ0) is 20.4. The number of urea groups is 1. The number of carbonyl (C=O) groups is 1. The molecule has 0 aliphatic carbocycles. The Hall–Kier alpha value is -2.64. The molecule has 0 unspecified atom stereocenters. The van der Waals surface area contributed by atoms with Gasteiger partial charge in [-0.3, -0.25) is 4.90 Å². The lowest BCUT2D eigenvalue weighted by Crippen LogP contribution is -2.38. The van der Waals surface area contributed by atoms with Crippen LogP contribution in [0.15, 0.2) is 48.7 Å². The van der Waals surface area contributed by atoms with E-state index in [4.69, 9.17) is 11.6 Å². The predicted molar refractivity (Wildman–Crippen MR) is 112 cm³/mol. The highest BCUT2D eigenvalue weighted by atomic mass is 35.5. The first-order chi connectivity index (χ1) is 13.9. The van der Waals surface area contributed by atoms with E-state index in [1.54, 1.807) is 30.5 Å². The lowest BCUT2D eigenvalue weighted by molar-refractivity contribution is -0.0566. The molecule has 4 rings (SSSR count). The van der Waals surface area contributed by atoms with Crippen LogP contribution in [-0.4, -0.2) is 34.9 Å². The van der Waals surface area contributed by atoms with E-state index in [-0.39, 0.29) is 18.9 Å². The molecule has 0 saturated carbocycles. The van der Waals surface area contributed by atoms with E-state index in [1.807, 2.05) is 23.1 Å². The summed E-state index contributed by atoms with van der Waals surface area (Å²) in [6, 6.07) is 12.5. The van der Waals surface area contributed by atoms with Gasteiger partial charge in [0.25, 0.3) is 5.92 Å². The number of carbonyl (C=O) groups excluding carboxylic acids is 1. The first kappa shape index (κ1) is 19.7. The maximum absolute atomic E-state index is 13.3. The van der Waals surface area contributed by atoms with Gasteiger partial charge in [0.1, 0.15) is 0 Å². The van der Waals surface area contributed by atoms with Gasteiger partial charge < -0.3 is 15.6 Å². The molecule has 1 saturated heterocycles. The van der Waals surface area contributed by atoms with Crippen molar-refractivity contribution in [3.8, 4) is 0 Å². The second-order valence-electron chi connectivity index (χ2n) is 7.30. The van der Waals surface area contributed by atoms with Crippen LogP contribution in [0.3, 0.4) is 0 Å². The molecule has 8 heteroatoms. The number of benzene rings is 2. The van der Waals surface area contributed by atoms with Gasteiger partial charge >= 0.3 is 6.03 Å². The number of hydrogen-bond donors (Lipinski definition) is 3. The van der Waals surface area contributed by atoms with E-state index in [1.165, 1.54) is 0 Å². The van der Waals surface area contributed by atoms with Crippen molar-refractivity contribution in [1.82, 2.24) is 9.88 Å². The molecule has 152 valence electrons. The monoisotopic (exact) mass is 418 g/mol. The van der Waals surface area contributed by atoms with Crippen LogP contribution in [0.5, 0.6) is 0 Å². The van der Waals surface area contributed by atoms with Gasteiger partial charge in [-0.15, -0.1) is 0 Å². The van der Waals surface area contributed by atoms with E-state index in [0.29, 0.717) is 36.0 Å². The lowest BCUT2D eigenvalue weighted by atomic mass is 10.1. The summed E-state index contributed by atoms with van der Waals surface area (Å²) in [6.45, 7) is 1.41. The second-order valence-corrected chi connectivity index (χ2v) is 7.74. The Labute approximate surface area is 172 Å². The minimum absolute atomic E-state index is 0.0914. The molecule has 2 amide bonds. The van der Waals surface area contributed by atoms with Gasteiger partial charge in [-0.05, 0) is 35.9 Å². The van der Waals surface area contributed by atoms with Crippen molar-refractivity contribution >= 4 is 39.9 Å². The highest BCUT2D eigenvalue weighted by Gasteiger charge is 2.33. The maximum Gasteiger partial charge on any atom is 0.323 e. The summed E-state index contributed by atoms with van der Waals surface area (Å²) in [6.07, 6.45) is 1.53. The summed E-state index contributed by atoms with van der Waals surface area (Å²) in [7, 11) is 0. The van der Waals surface area contributed by atoms with Crippen LogP contribution in [0.1, 0.15) is 18.4 Å². The maximum atomic E-state index is 13.3. The molecule has 0 radical (unpaired) electrons. The Balaban J connectivity index is 1.33. The summed E-state index contributed by atoms with van der Waals surface area (Å²) in [4.78, 5) is 17.4. The smallest absolute Gasteiger partial charge is 0.323 e. The van der Waals surface area contributed by atoms with Crippen LogP contribution in [0, 0.1) is 0 Å². The summed E-state index contributed by atoms with van der Waals surface area (Å²) < 4.78 is 26.5. The van der Waals surface area contributed by atoms with Gasteiger partial charge in [-0.25, -0.2) is 13.6 Å². The number of likely N-dealkylation sites (tertiary alicyclic amines) is 1. The van der Waals surface area contributed by atoms with E-state index in [2.05, 4.69) is 15.6 Å². The minimum atomic E-state index is -2.53. The molecule has 2 heterocycles. The van der Waals surface area contributed by atoms with E-state index < -0.39 is 5.92 Å². The van der Waals surface area contributed by atoms with Gasteiger partial charge in [0.05, 0.1) is 5.69 Å². The molecule has 3 aromatic rings. The quantitative estimate of drug-likeness (QED) is 0.509. The topological polar surface area (TPSA) is 60.2 Å². The molecule has 5 nitrogen and oxygen atoms in total. The van der Waals surface area contributed by atoms with Crippen LogP contribution in [0.25, 0.3) is 10.9 Å². The number of alkyl halides is 2. The minimum Gasteiger partial charge on any atom is -0.359 e. The van der Waals surface area contributed by atoms with Gasteiger partial charge in [-0.1, -0.05) is 23.7 Å². The fourth-order valence-electron chi connectivity index (χ4n) is 3.47. The third kappa shape index (κ3) is 4.86. The number of aromatic amines is 1. The van der Waals surface area contributed by atoms with Crippen molar-refractivity contribution in [3.63, 3.8) is 0 Å². The highest BCUT2D eigenvalue weighted by molar-refractivity contribution is 6.31. The molecule has 1 aromatic heterocycles. The zero-order valence-corrected chi connectivity index (χ0v) is 16.4. The third-order valence-electron chi connectivity index (χ3n) is 5.10. The number of H-pyrrole nitrogens is 1. The van der Waals surface area contributed by atoms with Gasteiger partial charge in [0.2, 0.25) is 0 Å². The summed E-state index contributed by atoms with van der Waals surface area (Å²) in [5.74, 6) is -2.53. The first-order valence-corrected chi connectivity index (χ1v) is 9.80. The molecule has 2 aromatic carbocycles. The van der Waals surface area contributed by atoms with Crippen LogP contribution in [0.4, 0.5) is 25.0 Å². The normalized spacial score (nSPS) is 16.7. The molecule has 1 aliphatic rings. The lowest BCUT2D eigenvalue weighted by Gasteiger charge is -2.31. The average Bonchev–Trinajstić information content (AvgIpc) is 3.07. The Morgan fingerprint density at radius 2 is 1.83 bits per heavy atom. The van der Waals surface area contributed by atoms with Crippen LogP contribution in [-0.2, 0) is 6.54 Å². The fourth-order valence-corrected chi connectivity index (χ4v) is 3.64. The molecule has 0 atom stereocenters. The predicted octanol–water partition coefficient (Wildman–Crippen LogP) is 5.70. The number of anilines is 2.